The van der Waals surface area contributed by atoms with Crippen LogP contribution in [0.2, 0.25) is 0 Å². The summed E-state index contributed by atoms with van der Waals surface area (Å²) in [5.74, 6) is 0.420. The van der Waals surface area contributed by atoms with E-state index in [0.717, 1.165) is 16.6 Å². The third kappa shape index (κ3) is 3.89. The number of ketones is 1. The number of anilines is 2. The molecule has 0 saturated carbocycles. The number of hydrogen-bond donors (Lipinski definition) is 1. The molecule has 35 heavy (non-hydrogen) atoms. The maximum Gasteiger partial charge on any atom is 0.215 e. The van der Waals surface area contributed by atoms with Gasteiger partial charge in [-0.1, -0.05) is 30.3 Å². The molecular weight excluding hydrogens is 444 g/mol. The Bertz CT molecular complexity index is 1630. The van der Waals surface area contributed by atoms with Crippen molar-refractivity contribution in [3.8, 4) is 0 Å². The van der Waals surface area contributed by atoms with Gasteiger partial charge in [-0.2, -0.15) is 5.10 Å². The minimum atomic E-state index is -1.12. The molecule has 5 aromatic rings. The number of pyridine rings is 1. The maximum absolute atomic E-state index is 11.9. The highest BCUT2D eigenvalue weighted by molar-refractivity contribution is 6.10. The number of carbonyl (C=O) groups excluding carboxylic acids is 2. The average molecular weight is 462 g/mol. The van der Waals surface area contributed by atoms with Crippen LogP contribution in [0.15, 0.2) is 79.4 Å². The zero-order valence-corrected chi connectivity index (χ0v) is 18.3. The first kappa shape index (κ1) is 20.7. The lowest BCUT2D eigenvalue weighted by Crippen LogP contribution is -2.17. The Labute approximate surface area is 199 Å². The molecule has 1 N–H and O–H groups in total. The van der Waals surface area contributed by atoms with Gasteiger partial charge in [0.1, 0.15) is 23.6 Å². The zero-order valence-electron chi connectivity index (χ0n) is 18.3. The molecule has 2 aromatic carbocycles. The molecule has 0 radical (unpaired) electrons. The molecule has 0 fully saturated rings. The summed E-state index contributed by atoms with van der Waals surface area (Å²) in [6.45, 7) is 0.689. The van der Waals surface area contributed by atoms with Crippen LogP contribution in [0.5, 0.6) is 0 Å². The van der Waals surface area contributed by atoms with Gasteiger partial charge in [0, 0.05) is 22.5 Å². The number of aldehydes is 1. The van der Waals surface area contributed by atoms with Crippen LogP contribution in [0.1, 0.15) is 11.3 Å². The quantitative estimate of drug-likeness (QED) is 0.301. The summed E-state index contributed by atoms with van der Waals surface area (Å²) < 4.78 is 7.39. The summed E-state index contributed by atoms with van der Waals surface area (Å²) in [5, 5.41) is 9.58. The minimum absolute atomic E-state index is 0.246. The van der Waals surface area contributed by atoms with E-state index in [1.165, 1.54) is 18.0 Å². The molecule has 1 unspecified atom stereocenters. The van der Waals surface area contributed by atoms with Gasteiger partial charge in [0.05, 0.1) is 30.0 Å². The number of nitrogens with one attached hydrogen (secondary N) is 1. The lowest BCUT2D eigenvalue weighted by atomic mass is 10.2. The van der Waals surface area contributed by atoms with E-state index in [1.807, 2.05) is 47.3 Å². The van der Waals surface area contributed by atoms with Gasteiger partial charge < -0.3 is 10.1 Å². The molecule has 1 atom stereocenters. The number of ether oxygens (including phenoxy) is 1. The molecule has 1 aliphatic rings. The van der Waals surface area contributed by atoms with Crippen molar-refractivity contribution in [1.82, 2.24) is 24.7 Å². The van der Waals surface area contributed by atoms with Crippen LogP contribution in [0.3, 0.4) is 0 Å². The maximum atomic E-state index is 11.9. The molecular formula is C26H18N6O3. The van der Waals surface area contributed by atoms with Gasteiger partial charge in [-0.15, -0.1) is 0 Å². The van der Waals surface area contributed by atoms with Crippen molar-refractivity contribution in [3.63, 3.8) is 0 Å². The van der Waals surface area contributed by atoms with Crippen molar-refractivity contribution >= 4 is 51.1 Å². The highest BCUT2D eigenvalue weighted by atomic mass is 16.5. The van der Waals surface area contributed by atoms with E-state index in [1.54, 1.807) is 12.3 Å². The van der Waals surface area contributed by atoms with Gasteiger partial charge >= 0.3 is 0 Å². The van der Waals surface area contributed by atoms with E-state index >= 15 is 0 Å². The number of carbonyl (C=O) groups is 2. The number of hydrogen-bond acceptors (Lipinski definition) is 8. The van der Waals surface area contributed by atoms with Crippen LogP contribution in [0, 0.1) is 0 Å². The Morgan fingerprint density at radius 1 is 1.03 bits per heavy atom. The first-order chi connectivity index (χ1) is 17.2. The SMILES string of the molecule is O=CC1OC(c2cc3c(Nc4ccc5c(cnn5Cc5ccccc5)c4)ncnc3cn2)=CC1=O. The van der Waals surface area contributed by atoms with E-state index in [9.17, 15) is 9.59 Å². The molecule has 0 spiro atoms. The first-order valence-corrected chi connectivity index (χ1v) is 10.9. The predicted molar refractivity (Wildman–Crippen MR) is 130 cm³/mol. The molecule has 170 valence electrons. The van der Waals surface area contributed by atoms with E-state index in [4.69, 9.17) is 4.74 Å². The summed E-state index contributed by atoms with van der Waals surface area (Å²) in [6.07, 6.45) is 5.51. The van der Waals surface area contributed by atoms with Gasteiger partial charge in [-0.05, 0) is 29.8 Å². The van der Waals surface area contributed by atoms with Crippen LogP contribution < -0.4 is 5.32 Å². The summed E-state index contributed by atoms with van der Waals surface area (Å²) in [7, 11) is 0. The van der Waals surface area contributed by atoms with Gasteiger partial charge in [-0.3, -0.25) is 19.3 Å². The Hall–Kier alpha value is -4.92. The molecule has 9 nitrogen and oxygen atoms in total. The van der Waals surface area contributed by atoms with Crippen molar-refractivity contribution in [2.75, 3.05) is 5.32 Å². The fourth-order valence-corrected chi connectivity index (χ4v) is 4.05. The number of fused-ring (bicyclic) bond motifs is 2. The van der Waals surface area contributed by atoms with Crippen molar-refractivity contribution in [3.05, 3.63) is 90.7 Å². The Morgan fingerprint density at radius 2 is 1.91 bits per heavy atom. The monoisotopic (exact) mass is 462 g/mol. The van der Waals surface area contributed by atoms with Crippen LogP contribution in [-0.2, 0) is 20.9 Å². The molecule has 9 heteroatoms. The molecule has 0 saturated heterocycles. The molecule has 0 bridgehead atoms. The molecule has 0 aliphatic carbocycles. The van der Waals surface area contributed by atoms with E-state index in [2.05, 4.69) is 37.5 Å². The standard InChI is InChI=1S/C26H18N6O3/c33-14-25-23(34)10-24(35-25)20-9-19-21(12-27-20)28-15-29-26(19)31-18-6-7-22-17(8-18)11-30-32(22)13-16-4-2-1-3-5-16/h1-12,14-15,25H,13H2,(H,28,29,31). The van der Waals surface area contributed by atoms with E-state index in [0.29, 0.717) is 35.2 Å². The smallest absolute Gasteiger partial charge is 0.215 e. The highest BCUT2D eigenvalue weighted by Gasteiger charge is 2.28. The second kappa shape index (κ2) is 8.45. The van der Waals surface area contributed by atoms with Gasteiger partial charge in [-0.25, -0.2) is 9.97 Å². The van der Waals surface area contributed by atoms with Crippen molar-refractivity contribution in [1.29, 1.82) is 0 Å². The fraction of sp³-hybridized carbons (Fsp3) is 0.0769. The number of aromatic nitrogens is 5. The second-order valence-corrected chi connectivity index (χ2v) is 8.08. The molecule has 6 rings (SSSR count). The lowest BCUT2D eigenvalue weighted by molar-refractivity contribution is -0.126. The highest BCUT2D eigenvalue weighted by Crippen LogP contribution is 2.29. The minimum Gasteiger partial charge on any atom is -0.472 e. The van der Waals surface area contributed by atoms with Gasteiger partial charge in [0.15, 0.2) is 6.29 Å². The van der Waals surface area contributed by atoms with Crippen molar-refractivity contribution in [2.45, 2.75) is 12.6 Å². The summed E-state index contributed by atoms with van der Waals surface area (Å²) >= 11 is 0. The van der Waals surface area contributed by atoms with Crippen molar-refractivity contribution in [2.24, 2.45) is 0 Å². The molecule has 4 heterocycles. The van der Waals surface area contributed by atoms with Crippen LogP contribution >= 0.6 is 0 Å². The van der Waals surface area contributed by atoms with E-state index < -0.39 is 11.9 Å². The topological polar surface area (TPSA) is 112 Å². The summed E-state index contributed by atoms with van der Waals surface area (Å²) in [5.41, 5.74) is 4.09. The fourth-order valence-electron chi connectivity index (χ4n) is 4.05. The Balaban J connectivity index is 1.31. The molecule has 1 aliphatic heterocycles. The second-order valence-electron chi connectivity index (χ2n) is 8.08. The number of nitrogens with zero attached hydrogens (tertiary/aromatic N) is 5. The Morgan fingerprint density at radius 3 is 2.74 bits per heavy atom. The lowest BCUT2D eigenvalue weighted by Gasteiger charge is -2.11. The molecule has 0 amide bonds. The third-order valence-corrected chi connectivity index (χ3v) is 5.79. The van der Waals surface area contributed by atoms with E-state index in [-0.39, 0.29) is 5.76 Å². The Kier molecular flexibility index (Phi) is 4.99. The molecule has 3 aromatic heterocycles. The van der Waals surface area contributed by atoms with Crippen LogP contribution in [-0.4, -0.2) is 42.9 Å². The predicted octanol–water partition coefficient (Wildman–Crippen LogP) is 3.67. The van der Waals surface area contributed by atoms with Crippen LogP contribution in [0.25, 0.3) is 27.6 Å². The number of rotatable bonds is 6. The summed E-state index contributed by atoms with van der Waals surface area (Å²) in [4.78, 5) is 35.9. The summed E-state index contributed by atoms with van der Waals surface area (Å²) in [6, 6.07) is 17.9. The van der Waals surface area contributed by atoms with Gasteiger partial charge in [0.2, 0.25) is 11.9 Å². The largest absolute Gasteiger partial charge is 0.472 e. The normalized spacial score (nSPS) is 15.3. The number of benzene rings is 2. The average Bonchev–Trinajstić information content (AvgIpc) is 3.47. The van der Waals surface area contributed by atoms with Crippen molar-refractivity contribution < 1.29 is 14.3 Å². The third-order valence-electron chi connectivity index (χ3n) is 5.79. The first-order valence-electron chi connectivity index (χ1n) is 10.9. The zero-order chi connectivity index (χ0) is 23.8. The van der Waals surface area contributed by atoms with Crippen LogP contribution in [0.4, 0.5) is 11.5 Å². The van der Waals surface area contributed by atoms with Gasteiger partial charge in [0.25, 0.3) is 0 Å².